The predicted molar refractivity (Wildman–Crippen MR) is 79.4 cm³/mol. The minimum absolute atomic E-state index is 0.575. The van der Waals surface area contributed by atoms with Gasteiger partial charge in [-0.3, -0.25) is 0 Å². The number of rotatable bonds is 5. The molecule has 2 aromatic carbocycles. The average molecular weight is 267 g/mol. The lowest BCUT2D eigenvalue weighted by molar-refractivity contribution is 0.515. The Labute approximate surface area is 117 Å². The summed E-state index contributed by atoms with van der Waals surface area (Å²) in [5.74, 6) is 0.575. The van der Waals surface area contributed by atoms with Crippen molar-refractivity contribution >= 4 is 16.7 Å². The first-order valence-corrected chi connectivity index (χ1v) is 6.85. The van der Waals surface area contributed by atoms with E-state index in [4.69, 9.17) is 0 Å². The molecule has 0 radical (unpaired) electrons. The maximum Gasteiger partial charge on any atom is 0.263 e. The number of aryl methyl sites for hydroxylation is 1. The fourth-order valence-corrected chi connectivity index (χ4v) is 2.23. The zero-order valence-electron chi connectivity index (χ0n) is 11.5. The third-order valence-electron chi connectivity index (χ3n) is 3.19. The van der Waals surface area contributed by atoms with E-state index in [1.54, 1.807) is 4.80 Å². The number of benzene rings is 2. The molecule has 3 rings (SSSR count). The molecule has 0 spiro atoms. The molecule has 0 atom stereocenters. The highest BCUT2D eigenvalue weighted by Gasteiger charge is 2.03. The summed E-state index contributed by atoms with van der Waals surface area (Å²) >= 11 is 0. The van der Waals surface area contributed by atoms with Gasteiger partial charge in [0.2, 0.25) is 0 Å². The van der Waals surface area contributed by atoms with Crippen LogP contribution in [0.1, 0.15) is 18.9 Å². The van der Waals surface area contributed by atoms with Crippen molar-refractivity contribution < 1.29 is 0 Å². The van der Waals surface area contributed by atoms with Crippen LogP contribution in [0.3, 0.4) is 0 Å². The van der Waals surface area contributed by atoms with Crippen LogP contribution in [0.4, 0.5) is 5.95 Å². The topological polar surface area (TPSA) is 55.6 Å². The highest BCUT2D eigenvalue weighted by molar-refractivity contribution is 5.85. The van der Waals surface area contributed by atoms with E-state index in [0.29, 0.717) is 12.5 Å². The van der Waals surface area contributed by atoms with E-state index >= 15 is 0 Å². The number of aromatic nitrogens is 4. The van der Waals surface area contributed by atoms with Crippen LogP contribution in [0.5, 0.6) is 0 Å². The fraction of sp³-hybridized carbons (Fsp3) is 0.267. The second-order valence-corrected chi connectivity index (χ2v) is 4.70. The van der Waals surface area contributed by atoms with Crippen LogP contribution < -0.4 is 5.32 Å². The molecule has 102 valence electrons. The molecule has 0 aliphatic heterocycles. The van der Waals surface area contributed by atoms with Crippen molar-refractivity contribution in [3.63, 3.8) is 0 Å². The van der Waals surface area contributed by atoms with E-state index in [9.17, 15) is 0 Å². The third kappa shape index (κ3) is 2.61. The Hall–Kier alpha value is -2.43. The van der Waals surface area contributed by atoms with E-state index in [-0.39, 0.29) is 0 Å². The molecule has 5 heteroatoms. The largest absolute Gasteiger partial charge is 0.347 e. The standard InChI is InChI=1S/C15H17N5/c1-2-10-20-18-15(17-19-20)16-11-13-8-5-7-12-6-3-4-9-14(12)13/h3-9H,2,10-11H2,1H3,(H,16,18). The van der Waals surface area contributed by atoms with Crippen LogP contribution in [-0.4, -0.2) is 20.2 Å². The van der Waals surface area contributed by atoms with Crippen molar-refractivity contribution in [2.24, 2.45) is 0 Å². The smallest absolute Gasteiger partial charge is 0.263 e. The van der Waals surface area contributed by atoms with Gasteiger partial charge in [-0.15, -0.1) is 5.10 Å². The summed E-state index contributed by atoms with van der Waals surface area (Å²) in [6, 6.07) is 14.7. The minimum Gasteiger partial charge on any atom is -0.347 e. The van der Waals surface area contributed by atoms with Gasteiger partial charge in [-0.1, -0.05) is 54.5 Å². The Bertz CT molecular complexity index is 699. The molecule has 0 aliphatic carbocycles. The van der Waals surface area contributed by atoms with E-state index in [1.165, 1.54) is 16.3 Å². The molecule has 3 aromatic rings. The lowest BCUT2D eigenvalue weighted by Crippen LogP contribution is -2.04. The first kappa shape index (κ1) is 12.6. The highest BCUT2D eigenvalue weighted by Crippen LogP contribution is 2.18. The minimum atomic E-state index is 0.575. The Morgan fingerprint density at radius 1 is 1.10 bits per heavy atom. The summed E-state index contributed by atoms with van der Waals surface area (Å²) in [5, 5.41) is 18.0. The fourth-order valence-electron chi connectivity index (χ4n) is 2.23. The number of fused-ring (bicyclic) bond motifs is 1. The molecule has 0 saturated heterocycles. The predicted octanol–water partition coefficient (Wildman–Crippen LogP) is 2.85. The molecule has 1 N–H and O–H groups in total. The molecule has 0 saturated carbocycles. The SMILES string of the molecule is CCCn1nnc(NCc2cccc3ccccc23)n1. The summed E-state index contributed by atoms with van der Waals surface area (Å²) in [6.07, 6.45) is 0.999. The molecule has 20 heavy (non-hydrogen) atoms. The third-order valence-corrected chi connectivity index (χ3v) is 3.19. The average Bonchev–Trinajstić information content (AvgIpc) is 2.93. The first-order chi connectivity index (χ1) is 9.86. The van der Waals surface area contributed by atoms with Crippen molar-refractivity contribution in [2.45, 2.75) is 26.4 Å². The Balaban J connectivity index is 1.76. The van der Waals surface area contributed by atoms with Crippen molar-refractivity contribution in [2.75, 3.05) is 5.32 Å². The van der Waals surface area contributed by atoms with Gasteiger partial charge in [0.05, 0.1) is 6.54 Å². The first-order valence-electron chi connectivity index (χ1n) is 6.85. The molecule has 5 nitrogen and oxygen atoms in total. The van der Waals surface area contributed by atoms with Crippen molar-refractivity contribution in [3.05, 3.63) is 48.0 Å². The molecular formula is C15H17N5. The Morgan fingerprint density at radius 2 is 1.95 bits per heavy atom. The molecule has 0 fully saturated rings. The lowest BCUT2D eigenvalue weighted by atomic mass is 10.0. The van der Waals surface area contributed by atoms with Crippen LogP contribution in [-0.2, 0) is 13.1 Å². The van der Waals surface area contributed by atoms with Gasteiger partial charge >= 0.3 is 0 Å². The van der Waals surface area contributed by atoms with E-state index in [2.05, 4.69) is 70.1 Å². The summed E-state index contributed by atoms with van der Waals surface area (Å²) in [4.78, 5) is 1.62. The van der Waals surface area contributed by atoms with Crippen molar-refractivity contribution in [1.82, 2.24) is 20.2 Å². The van der Waals surface area contributed by atoms with Crippen molar-refractivity contribution in [3.8, 4) is 0 Å². The zero-order valence-corrected chi connectivity index (χ0v) is 11.5. The highest BCUT2D eigenvalue weighted by atomic mass is 15.6. The van der Waals surface area contributed by atoms with E-state index in [1.807, 2.05) is 0 Å². The number of nitrogens with one attached hydrogen (secondary N) is 1. The summed E-state index contributed by atoms with van der Waals surface area (Å²) in [6.45, 7) is 3.58. The summed E-state index contributed by atoms with van der Waals surface area (Å²) in [7, 11) is 0. The Kier molecular flexibility index (Phi) is 3.58. The molecule has 0 amide bonds. The number of tetrazole rings is 1. The van der Waals surface area contributed by atoms with Gasteiger partial charge < -0.3 is 5.32 Å². The summed E-state index contributed by atoms with van der Waals surface area (Å²) < 4.78 is 0. The number of hydrogen-bond donors (Lipinski definition) is 1. The second-order valence-electron chi connectivity index (χ2n) is 4.70. The van der Waals surface area contributed by atoms with Gasteiger partial charge in [0.15, 0.2) is 0 Å². The molecular weight excluding hydrogens is 250 g/mol. The van der Waals surface area contributed by atoms with Gasteiger partial charge in [-0.05, 0) is 28.0 Å². The van der Waals surface area contributed by atoms with Crippen LogP contribution in [0, 0.1) is 0 Å². The molecule has 0 bridgehead atoms. The monoisotopic (exact) mass is 267 g/mol. The number of anilines is 1. The zero-order chi connectivity index (χ0) is 13.8. The van der Waals surface area contributed by atoms with Gasteiger partial charge in [-0.2, -0.15) is 4.80 Å². The molecule has 1 heterocycles. The lowest BCUT2D eigenvalue weighted by Gasteiger charge is -2.06. The van der Waals surface area contributed by atoms with Gasteiger partial charge in [0.25, 0.3) is 5.95 Å². The van der Waals surface area contributed by atoms with E-state index < -0.39 is 0 Å². The quantitative estimate of drug-likeness (QED) is 0.772. The second kappa shape index (κ2) is 5.69. The normalized spacial score (nSPS) is 10.8. The van der Waals surface area contributed by atoms with Crippen LogP contribution >= 0.6 is 0 Å². The van der Waals surface area contributed by atoms with Gasteiger partial charge in [0, 0.05) is 6.54 Å². The van der Waals surface area contributed by atoms with E-state index in [0.717, 1.165) is 13.0 Å². The van der Waals surface area contributed by atoms with Crippen molar-refractivity contribution in [1.29, 1.82) is 0 Å². The van der Waals surface area contributed by atoms with Crippen LogP contribution in [0.15, 0.2) is 42.5 Å². The molecule has 0 unspecified atom stereocenters. The van der Waals surface area contributed by atoms with Gasteiger partial charge in [-0.25, -0.2) is 0 Å². The maximum atomic E-state index is 4.28. The maximum absolute atomic E-state index is 4.28. The molecule has 0 aliphatic rings. The Morgan fingerprint density at radius 3 is 2.85 bits per heavy atom. The van der Waals surface area contributed by atoms with Crippen LogP contribution in [0.2, 0.25) is 0 Å². The summed E-state index contributed by atoms with van der Waals surface area (Å²) in [5.41, 5.74) is 1.23. The van der Waals surface area contributed by atoms with Crippen LogP contribution in [0.25, 0.3) is 10.8 Å². The number of nitrogens with zero attached hydrogens (tertiary/aromatic N) is 4. The molecule has 1 aromatic heterocycles. The van der Waals surface area contributed by atoms with Gasteiger partial charge in [0.1, 0.15) is 0 Å². The number of hydrogen-bond acceptors (Lipinski definition) is 4.